The number of rotatable bonds is 4. The predicted molar refractivity (Wildman–Crippen MR) is 90.8 cm³/mol. The molecular weight excluding hydrogens is 398 g/mol. The van der Waals surface area contributed by atoms with E-state index < -0.39 is 48.0 Å². The molecule has 0 aliphatic carbocycles. The van der Waals surface area contributed by atoms with Gasteiger partial charge >= 0.3 is 5.69 Å². The maximum absolute atomic E-state index is 12.1. The second-order valence-electron chi connectivity index (χ2n) is 5.81. The first-order chi connectivity index (χ1) is 13.4. The van der Waals surface area contributed by atoms with Crippen molar-refractivity contribution >= 4 is 22.9 Å². The van der Waals surface area contributed by atoms with Gasteiger partial charge in [-0.25, -0.2) is 19.9 Å². The minimum absolute atomic E-state index is 0.0147. The lowest BCUT2D eigenvalue weighted by molar-refractivity contribution is -0.0548. The maximum atomic E-state index is 12.1. The van der Waals surface area contributed by atoms with Crippen LogP contribution in [-0.4, -0.2) is 74.9 Å². The summed E-state index contributed by atoms with van der Waals surface area (Å²) in [5.74, 6) is 0. The molecule has 148 valence electrons. The third-order valence-electron chi connectivity index (χ3n) is 4.09. The third-order valence-corrected chi connectivity index (χ3v) is 5.03. The highest BCUT2D eigenvalue weighted by Gasteiger charge is 2.45. The van der Waals surface area contributed by atoms with E-state index >= 15 is 0 Å². The minimum Gasteiger partial charge on any atom is -0.394 e. The Morgan fingerprint density at radius 3 is 2.68 bits per heavy atom. The van der Waals surface area contributed by atoms with E-state index in [1.165, 1.54) is 4.57 Å². The van der Waals surface area contributed by atoms with Gasteiger partial charge < -0.3 is 25.0 Å². The van der Waals surface area contributed by atoms with E-state index in [4.69, 9.17) is 4.74 Å². The quantitative estimate of drug-likeness (QED) is 0.249. The molecule has 1 saturated heterocycles. The summed E-state index contributed by atoms with van der Waals surface area (Å²) in [6, 6.07) is 0. The maximum Gasteiger partial charge on any atom is 0.342 e. The molecule has 15 heteroatoms. The van der Waals surface area contributed by atoms with Crippen LogP contribution in [0.25, 0.3) is 11.2 Å². The number of aliphatic hydroxyl groups is 3. The first-order valence-corrected chi connectivity index (χ1v) is 8.67. The molecule has 14 nitrogen and oxygen atoms in total. The van der Waals surface area contributed by atoms with E-state index in [9.17, 15) is 29.7 Å². The van der Waals surface area contributed by atoms with Gasteiger partial charge in [-0.1, -0.05) is 0 Å². The highest BCUT2D eigenvalue weighted by molar-refractivity contribution is 7.99. The number of fused-ring (bicyclic) bond motifs is 1. The van der Waals surface area contributed by atoms with Crippen molar-refractivity contribution < 1.29 is 20.1 Å². The van der Waals surface area contributed by atoms with E-state index in [2.05, 4.69) is 25.1 Å². The summed E-state index contributed by atoms with van der Waals surface area (Å²) >= 11 is 0.682. The van der Waals surface area contributed by atoms with E-state index in [1.807, 2.05) is 4.98 Å². The van der Waals surface area contributed by atoms with Crippen molar-refractivity contribution in [3.8, 4) is 0 Å². The molecule has 4 rings (SSSR count). The summed E-state index contributed by atoms with van der Waals surface area (Å²) in [7, 11) is 0. The van der Waals surface area contributed by atoms with Gasteiger partial charge in [-0.05, 0) is 11.8 Å². The van der Waals surface area contributed by atoms with Gasteiger partial charge in [-0.3, -0.25) is 19.1 Å². The van der Waals surface area contributed by atoms with Gasteiger partial charge in [0.1, 0.15) is 18.3 Å². The normalized spacial score (nSPS) is 24.8. The van der Waals surface area contributed by atoms with Gasteiger partial charge in [0.25, 0.3) is 11.1 Å². The number of aliphatic hydroxyl groups excluding tert-OH is 3. The van der Waals surface area contributed by atoms with E-state index in [-0.39, 0.29) is 21.3 Å². The molecule has 0 aromatic carbocycles. The van der Waals surface area contributed by atoms with Crippen LogP contribution in [0.15, 0.2) is 30.9 Å². The molecule has 4 heterocycles. The number of nitrogens with zero attached hydrogens (tertiary/aromatic N) is 4. The highest BCUT2D eigenvalue weighted by Crippen LogP contribution is 2.35. The minimum atomic E-state index is -1.48. The molecule has 1 aliphatic rings. The Balaban J connectivity index is 1.88. The van der Waals surface area contributed by atoms with E-state index in [0.29, 0.717) is 11.8 Å². The molecule has 28 heavy (non-hydrogen) atoms. The van der Waals surface area contributed by atoms with Crippen LogP contribution in [0.4, 0.5) is 0 Å². The molecule has 1 aliphatic heterocycles. The summed E-state index contributed by atoms with van der Waals surface area (Å²) in [5, 5.41) is 35.2. The van der Waals surface area contributed by atoms with Crippen LogP contribution in [0.5, 0.6) is 0 Å². The molecule has 1 fully saturated rings. The van der Waals surface area contributed by atoms with Crippen molar-refractivity contribution in [3.63, 3.8) is 0 Å². The zero-order valence-electron chi connectivity index (χ0n) is 13.8. The lowest BCUT2D eigenvalue weighted by Crippen LogP contribution is -2.33. The second kappa shape index (κ2) is 6.95. The second-order valence-corrected chi connectivity index (χ2v) is 6.77. The Labute approximate surface area is 157 Å². The smallest absolute Gasteiger partial charge is 0.342 e. The fourth-order valence-electron chi connectivity index (χ4n) is 2.79. The van der Waals surface area contributed by atoms with Gasteiger partial charge in [-0.2, -0.15) is 5.10 Å². The van der Waals surface area contributed by atoms with Crippen LogP contribution < -0.4 is 16.8 Å². The van der Waals surface area contributed by atoms with Crippen LogP contribution in [0.3, 0.4) is 0 Å². The summed E-state index contributed by atoms with van der Waals surface area (Å²) in [6.45, 7) is -0.557. The van der Waals surface area contributed by atoms with Crippen LogP contribution in [0, 0.1) is 0 Å². The SMILES string of the molecule is O=c1[nH]nc(Sc2nc3c(=O)[nH]cnc3n2[C@H]2O[C@H](CO)[C@@H](O)[C@@H]2O)c(=O)[nH]1. The topological polar surface area (TPSA) is 212 Å². The molecule has 3 aromatic heterocycles. The number of hydrogen-bond donors (Lipinski definition) is 6. The Kier molecular flexibility index (Phi) is 4.60. The van der Waals surface area contributed by atoms with Gasteiger partial charge in [-0.15, -0.1) is 0 Å². The first kappa shape index (κ1) is 18.5. The van der Waals surface area contributed by atoms with Crippen LogP contribution in [-0.2, 0) is 4.74 Å². The number of hydrogen-bond acceptors (Lipinski definition) is 11. The van der Waals surface area contributed by atoms with Gasteiger partial charge in [0, 0.05) is 0 Å². The number of imidazole rings is 1. The molecule has 0 radical (unpaired) electrons. The summed E-state index contributed by atoms with van der Waals surface area (Å²) < 4.78 is 6.71. The summed E-state index contributed by atoms with van der Waals surface area (Å²) in [6.07, 6.45) is -4.09. The van der Waals surface area contributed by atoms with Crippen molar-refractivity contribution in [1.29, 1.82) is 0 Å². The van der Waals surface area contributed by atoms with E-state index in [0.717, 1.165) is 6.33 Å². The van der Waals surface area contributed by atoms with Gasteiger partial charge in [0.2, 0.25) is 0 Å². The predicted octanol–water partition coefficient (Wildman–Crippen LogP) is -3.35. The molecule has 0 unspecified atom stereocenters. The molecular formula is C13H13N7O7S. The molecule has 0 spiro atoms. The standard InChI is InChI=1S/C13H13N7O7S/c21-1-3-5(22)6(23)11(27-3)20-7-4(8(24)15-2-14-7)16-13(20)28-10-9(25)17-12(26)19-18-10/h2-3,5-6,11,21-23H,1H2,(H,14,15,24)(H2,17,19,25,26)/t3-,5-,6+,11+/m1/s1. The zero-order chi connectivity index (χ0) is 20.0. The van der Waals surface area contributed by atoms with Gasteiger partial charge in [0.05, 0.1) is 12.9 Å². The molecule has 4 atom stereocenters. The summed E-state index contributed by atoms with van der Waals surface area (Å²) in [4.78, 5) is 47.7. The van der Waals surface area contributed by atoms with Crippen molar-refractivity contribution in [2.24, 2.45) is 0 Å². The molecule has 6 N–H and O–H groups in total. The average molecular weight is 411 g/mol. The Bertz CT molecular complexity index is 1200. The van der Waals surface area contributed by atoms with Crippen molar-refractivity contribution in [3.05, 3.63) is 37.5 Å². The zero-order valence-corrected chi connectivity index (χ0v) is 14.6. The summed E-state index contributed by atoms with van der Waals surface area (Å²) in [5.41, 5.74) is -2.27. The molecule has 0 bridgehead atoms. The monoisotopic (exact) mass is 411 g/mol. The number of ether oxygens (including phenoxy) is 1. The number of H-pyrrole nitrogens is 3. The van der Waals surface area contributed by atoms with Crippen LogP contribution in [0.1, 0.15) is 6.23 Å². The lowest BCUT2D eigenvalue weighted by Gasteiger charge is -2.18. The Morgan fingerprint density at radius 1 is 1.21 bits per heavy atom. The number of aromatic amines is 3. The van der Waals surface area contributed by atoms with Gasteiger partial charge in [0.15, 0.2) is 27.6 Å². The van der Waals surface area contributed by atoms with Crippen molar-refractivity contribution in [1.82, 2.24) is 34.7 Å². The average Bonchev–Trinajstić information content (AvgIpc) is 3.16. The molecule has 0 saturated carbocycles. The largest absolute Gasteiger partial charge is 0.394 e. The Morgan fingerprint density at radius 2 is 2.00 bits per heavy atom. The van der Waals surface area contributed by atoms with Crippen LogP contribution in [0.2, 0.25) is 0 Å². The third kappa shape index (κ3) is 2.94. The fraction of sp³-hybridized carbons (Fsp3) is 0.385. The lowest BCUT2D eigenvalue weighted by atomic mass is 10.1. The highest BCUT2D eigenvalue weighted by atomic mass is 32.2. The van der Waals surface area contributed by atoms with E-state index in [1.54, 1.807) is 0 Å². The Hall–Kier alpha value is -2.85. The fourth-order valence-corrected chi connectivity index (χ4v) is 3.62. The number of nitrogens with one attached hydrogen (secondary N) is 3. The number of aromatic nitrogens is 7. The van der Waals surface area contributed by atoms with Crippen molar-refractivity contribution in [2.45, 2.75) is 34.7 Å². The first-order valence-electron chi connectivity index (χ1n) is 7.85. The van der Waals surface area contributed by atoms with Crippen LogP contribution >= 0.6 is 11.8 Å². The van der Waals surface area contributed by atoms with Crippen molar-refractivity contribution in [2.75, 3.05) is 6.61 Å². The molecule has 3 aromatic rings. The molecule has 0 amide bonds.